The Balaban J connectivity index is 2.12. The standard InChI is InChI=1S/C13H23N5O/c1-9-10(11(14)16-15-9)12(19)18(4)8-13(17(2)3)6-5-7-13/h5-8H2,1-4H3,(H3,14,15,16). The number of anilines is 1. The predicted octanol–water partition coefficient (Wildman–Crippen LogP) is 0.857. The summed E-state index contributed by atoms with van der Waals surface area (Å²) in [6, 6.07) is 0. The zero-order valence-electron chi connectivity index (χ0n) is 12.2. The molecule has 0 aromatic carbocycles. The van der Waals surface area contributed by atoms with Crippen LogP contribution in [0.2, 0.25) is 0 Å². The van der Waals surface area contributed by atoms with Crippen LogP contribution in [0.4, 0.5) is 5.82 Å². The van der Waals surface area contributed by atoms with E-state index in [1.807, 2.05) is 14.0 Å². The third-order valence-corrected chi connectivity index (χ3v) is 4.30. The second-order valence-corrected chi connectivity index (χ2v) is 5.74. The fourth-order valence-corrected chi connectivity index (χ4v) is 2.75. The van der Waals surface area contributed by atoms with Gasteiger partial charge in [0.1, 0.15) is 5.56 Å². The van der Waals surface area contributed by atoms with Crippen molar-refractivity contribution in [2.24, 2.45) is 0 Å². The van der Waals surface area contributed by atoms with E-state index in [0.717, 1.165) is 25.1 Å². The molecule has 0 bridgehead atoms. The highest BCUT2D eigenvalue weighted by molar-refractivity contribution is 5.99. The summed E-state index contributed by atoms with van der Waals surface area (Å²) >= 11 is 0. The highest BCUT2D eigenvalue weighted by Gasteiger charge is 2.41. The van der Waals surface area contributed by atoms with Crippen LogP contribution in [0.15, 0.2) is 0 Å². The maximum atomic E-state index is 12.5. The monoisotopic (exact) mass is 265 g/mol. The van der Waals surface area contributed by atoms with Crippen molar-refractivity contribution < 1.29 is 4.79 Å². The number of nitrogens with zero attached hydrogens (tertiary/aromatic N) is 3. The van der Waals surface area contributed by atoms with E-state index in [1.165, 1.54) is 6.42 Å². The Labute approximate surface area is 113 Å². The number of nitrogens with two attached hydrogens (primary N) is 1. The average molecular weight is 265 g/mol. The molecule has 0 atom stereocenters. The smallest absolute Gasteiger partial charge is 0.259 e. The number of amides is 1. The Kier molecular flexibility index (Phi) is 3.54. The molecule has 1 saturated carbocycles. The normalized spacial score (nSPS) is 17.3. The molecular formula is C13H23N5O. The summed E-state index contributed by atoms with van der Waals surface area (Å²) in [4.78, 5) is 16.4. The number of aromatic amines is 1. The summed E-state index contributed by atoms with van der Waals surface area (Å²) in [6.07, 6.45) is 3.50. The first-order valence-electron chi connectivity index (χ1n) is 6.61. The van der Waals surface area contributed by atoms with Gasteiger partial charge in [0.2, 0.25) is 0 Å². The molecule has 6 heteroatoms. The number of nitrogens with one attached hydrogen (secondary N) is 1. The van der Waals surface area contributed by atoms with Crippen molar-refractivity contribution in [1.82, 2.24) is 20.0 Å². The first kappa shape index (κ1) is 13.9. The maximum Gasteiger partial charge on any atom is 0.259 e. The number of nitrogen functional groups attached to an aromatic ring is 1. The molecule has 1 aromatic heterocycles. The molecule has 2 rings (SSSR count). The number of hydrogen-bond acceptors (Lipinski definition) is 4. The second kappa shape index (κ2) is 4.85. The summed E-state index contributed by atoms with van der Waals surface area (Å²) in [5.74, 6) is 0.221. The predicted molar refractivity (Wildman–Crippen MR) is 75.0 cm³/mol. The van der Waals surface area contributed by atoms with Gasteiger partial charge in [0, 0.05) is 24.8 Å². The van der Waals surface area contributed by atoms with Gasteiger partial charge < -0.3 is 15.5 Å². The van der Waals surface area contributed by atoms with Crippen LogP contribution in [0.25, 0.3) is 0 Å². The third-order valence-electron chi connectivity index (χ3n) is 4.30. The number of carbonyl (C=O) groups is 1. The van der Waals surface area contributed by atoms with Gasteiger partial charge in [0.05, 0.1) is 0 Å². The zero-order valence-corrected chi connectivity index (χ0v) is 12.2. The lowest BCUT2D eigenvalue weighted by Crippen LogP contribution is -2.57. The lowest BCUT2D eigenvalue weighted by molar-refractivity contribution is 0.0252. The van der Waals surface area contributed by atoms with E-state index in [1.54, 1.807) is 4.90 Å². The average Bonchev–Trinajstić information content (AvgIpc) is 2.62. The summed E-state index contributed by atoms with van der Waals surface area (Å²) < 4.78 is 0. The van der Waals surface area contributed by atoms with E-state index < -0.39 is 0 Å². The lowest BCUT2D eigenvalue weighted by atomic mass is 9.75. The summed E-state index contributed by atoms with van der Waals surface area (Å²) in [6.45, 7) is 2.54. The molecule has 19 heavy (non-hydrogen) atoms. The minimum Gasteiger partial charge on any atom is -0.382 e. The van der Waals surface area contributed by atoms with Crippen molar-refractivity contribution in [2.45, 2.75) is 31.7 Å². The van der Waals surface area contributed by atoms with Crippen LogP contribution in [-0.4, -0.2) is 59.1 Å². The third kappa shape index (κ3) is 2.32. The molecule has 0 spiro atoms. The fraction of sp³-hybridized carbons (Fsp3) is 0.692. The Hall–Kier alpha value is -1.56. The van der Waals surface area contributed by atoms with Crippen LogP contribution in [0, 0.1) is 6.92 Å². The Morgan fingerprint density at radius 1 is 1.42 bits per heavy atom. The molecule has 1 aliphatic rings. The lowest BCUT2D eigenvalue weighted by Gasteiger charge is -2.49. The topological polar surface area (TPSA) is 78.2 Å². The van der Waals surface area contributed by atoms with Gasteiger partial charge in [-0.15, -0.1) is 0 Å². The second-order valence-electron chi connectivity index (χ2n) is 5.74. The van der Waals surface area contributed by atoms with E-state index >= 15 is 0 Å². The van der Waals surface area contributed by atoms with E-state index in [-0.39, 0.29) is 17.3 Å². The number of carbonyl (C=O) groups excluding carboxylic acids is 1. The number of aryl methyl sites for hydroxylation is 1. The van der Waals surface area contributed by atoms with Crippen molar-refractivity contribution in [1.29, 1.82) is 0 Å². The number of H-pyrrole nitrogens is 1. The van der Waals surface area contributed by atoms with Crippen molar-refractivity contribution in [2.75, 3.05) is 33.4 Å². The molecular weight excluding hydrogens is 242 g/mol. The van der Waals surface area contributed by atoms with Crippen LogP contribution < -0.4 is 5.73 Å². The van der Waals surface area contributed by atoms with E-state index in [2.05, 4.69) is 29.2 Å². The molecule has 106 valence electrons. The van der Waals surface area contributed by atoms with Crippen molar-refractivity contribution in [3.63, 3.8) is 0 Å². The molecule has 1 aliphatic carbocycles. The van der Waals surface area contributed by atoms with Crippen molar-refractivity contribution in [3.8, 4) is 0 Å². The Morgan fingerprint density at radius 2 is 2.05 bits per heavy atom. The molecule has 0 radical (unpaired) electrons. The minimum absolute atomic E-state index is 0.0584. The Morgan fingerprint density at radius 3 is 2.42 bits per heavy atom. The summed E-state index contributed by atoms with van der Waals surface area (Å²) in [7, 11) is 5.99. The largest absolute Gasteiger partial charge is 0.382 e. The van der Waals surface area contributed by atoms with Crippen LogP contribution >= 0.6 is 0 Å². The number of aromatic nitrogens is 2. The minimum atomic E-state index is -0.0584. The van der Waals surface area contributed by atoms with Gasteiger partial charge in [-0.2, -0.15) is 5.10 Å². The highest BCUT2D eigenvalue weighted by Crippen LogP contribution is 2.37. The first-order valence-corrected chi connectivity index (χ1v) is 6.61. The van der Waals surface area contributed by atoms with Gasteiger partial charge in [-0.05, 0) is 40.3 Å². The molecule has 6 nitrogen and oxygen atoms in total. The van der Waals surface area contributed by atoms with E-state index in [4.69, 9.17) is 5.73 Å². The number of hydrogen-bond donors (Lipinski definition) is 2. The number of rotatable bonds is 4. The molecule has 0 saturated heterocycles. The molecule has 3 N–H and O–H groups in total. The molecule has 0 unspecified atom stereocenters. The zero-order chi connectivity index (χ0) is 14.2. The molecule has 1 fully saturated rings. The first-order chi connectivity index (χ1) is 8.87. The van der Waals surface area contributed by atoms with Gasteiger partial charge in [-0.3, -0.25) is 9.89 Å². The molecule has 1 heterocycles. The van der Waals surface area contributed by atoms with Crippen LogP contribution in [0.3, 0.4) is 0 Å². The van der Waals surface area contributed by atoms with Gasteiger partial charge >= 0.3 is 0 Å². The summed E-state index contributed by atoms with van der Waals surface area (Å²) in [5.41, 5.74) is 7.09. The Bertz CT molecular complexity index is 456. The van der Waals surface area contributed by atoms with Crippen molar-refractivity contribution >= 4 is 11.7 Å². The van der Waals surface area contributed by atoms with E-state index in [0.29, 0.717) is 5.56 Å². The van der Waals surface area contributed by atoms with Gasteiger partial charge in [0.15, 0.2) is 5.82 Å². The summed E-state index contributed by atoms with van der Waals surface area (Å²) in [5, 5.41) is 6.63. The van der Waals surface area contributed by atoms with Crippen LogP contribution in [0.1, 0.15) is 35.3 Å². The van der Waals surface area contributed by atoms with Gasteiger partial charge in [0.25, 0.3) is 5.91 Å². The van der Waals surface area contributed by atoms with Crippen LogP contribution in [-0.2, 0) is 0 Å². The van der Waals surface area contributed by atoms with E-state index in [9.17, 15) is 4.79 Å². The van der Waals surface area contributed by atoms with Crippen molar-refractivity contribution in [3.05, 3.63) is 11.3 Å². The molecule has 0 aliphatic heterocycles. The van der Waals surface area contributed by atoms with Gasteiger partial charge in [-0.25, -0.2) is 0 Å². The number of likely N-dealkylation sites (N-methyl/N-ethyl adjacent to an activating group) is 2. The molecule has 1 amide bonds. The SMILES string of the molecule is Cc1[nH]nc(N)c1C(=O)N(C)CC1(N(C)C)CCC1. The van der Waals surface area contributed by atoms with Gasteiger partial charge in [-0.1, -0.05) is 0 Å². The highest BCUT2D eigenvalue weighted by atomic mass is 16.2. The molecule has 1 aromatic rings. The quantitative estimate of drug-likeness (QED) is 0.846. The van der Waals surface area contributed by atoms with Crippen LogP contribution in [0.5, 0.6) is 0 Å². The fourth-order valence-electron chi connectivity index (χ4n) is 2.75. The maximum absolute atomic E-state index is 12.5.